The molecule has 1 rings (SSSR count). The van der Waals surface area contributed by atoms with Crippen LogP contribution in [0.5, 0.6) is 0 Å². The normalized spacial score (nSPS) is 10.2. The van der Waals surface area contributed by atoms with Crippen molar-refractivity contribution in [3.8, 4) is 0 Å². The molecule has 0 atom stereocenters. The lowest BCUT2D eigenvalue weighted by Gasteiger charge is -2.07. The van der Waals surface area contributed by atoms with E-state index < -0.39 is 16.1 Å². The molecule has 0 spiro atoms. The van der Waals surface area contributed by atoms with E-state index in [0.717, 1.165) is 5.56 Å². The molecular formula is C8H12N2O4S. The average molecular weight is 232 g/mol. The van der Waals surface area contributed by atoms with Crippen molar-refractivity contribution in [2.75, 3.05) is 0 Å². The number of quaternary nitrogens is 1. The average Bonchev–Trinajstić information content (AvgIpc) is 2.02. The van der Waals surface area contributed by atoms with Gasteiger partial charge in [0.05, 0.1) is 4.90 Å². The molecule has 0 aromatic heterocycles. The zero-order chi connectivity index (χ0) is 10.8. The minimum atomic E-state index is -3.99. The first-order chi connectivity index (χ1) is 6.42. The van der Waals surface area contributed by atoms with Crippen LogP contribution in [0.1, 0.15) is 5.56 Å². The highest BCUT2D eigenvalue weighted by Crippen LogP contribution is 2.09. The Labute approximate surface area is 87.6 Å². The van der Waals surface area contributed by atoms with E-state index in [4.69, 9.17) is 0 Å². The molecule has 0 fully saturated rings. The van der Waals surface area contributed by atoms with Gasteiger partial charge in [-0.2, -0.15) is 0 Å². The molecule has 0 unspecified atom stereocenters. The number of carbonyl (C=O) groups is 1. The number of rotatable bonds is 2. The first kappa shape index (κ1) is 13.4. The van der Waals surface area contributed by atoms with Gasteiger partial charge in [0, 0.05) is 0 Å². The van der Waals surface area contributed by atoms with Crippen LogP contribution in [0.15, 0.2) is 29.2 Å². The molecule has 6 nitrogen and oxygen atoms in total. The Kier molecular flexibility index (Phi) is 4.25. The summed E-state index contributed by atoms with van der Waals surface area (Å²) in [5.41, 5.74) is 0.886. The maximum Gasteiger partial charge on any atom is 0.262 e. The molecule has 0 aliphatic heterocycles. The van der Waals surface area contributed by atoms with Crippen LogP contribution in [0.3, 0.4) is 0 Å². The van der Waals surface area contributed by atoms with E-state index in [1.54, 1.807) is 19.1 Å². The van der Waals surface area contributed by atoms with Gasteiger partial charge in [-0.1, -0.05) is 17.7 Å². The van der Waals surface area contributed by atoms with Crippen molar-refractivity contribution >= 4 is 16.1 Å². The first-order valence-electron chi connectivity index (χ1n) is 3.72. The number of benzene rings is 1. The van der Waals surface area contributed by atoms with E-state index in [1.807, 2.05) is 0 Å². The standard InChI is InChI=1S/C8H9NO4S.H3N/c1-6-2-4-7(5-3-6)14(12,13)9-8(10)11;/h2-5,9H,1H3,(H,10,11);1H3. The van der Waals surface area contributed by atoms with Crippen LogP contribution >= 0.6 is 0 Å². The number of aryl methyl sites for hydroxylation is 1. The summed E-state index contributed by atoms with van der Waals surface area (Å²) in [7, 11) is -3.99. The summed E-state index contributed by atoms with van der Waals surface area (Å²) in [6.07, 6.45) is -1.84. The van der Waals surface area contributed by atoms with Crippen molar-refractivity contribution in [1.29, 1.82) is 0 Å². The first-order valence-corrected chi connectivity index (χ1v) is 5.20. The zero-order valence-electron chi connectivity index (χ0n) is 8.35. The van der Waals surface area contributed by atoms with Crippen LogP contribution in [0.4, 0.5) is 4.79 Å². The Hall–Kier alpha value is -1.60. The summed E-state index contributed by atoms with van der Waals surface area (Å²) in [5, 5.41) is 10.1. The molecule has 0 saturated heterocycles. The van der Waals surface area contributed by atoms with E-state index in [-0.39, 0.29) is 11.0 Å². The SMILES string of the molecule is Cc1ccc(S(=O)(=O)NC(=O)[O-])cc1.[NH4+]. The van der Waals surface area contributed by atoms with Gasteiger partial charge in [-0.3, -0.25) is 4.72 Å². The van der Waals surface area contributed by atoms with Crippen molar-refractivity contribution < 1.29 is 18.3 Å². The Balaban J connectivity index is 0.00000196. The fraction of sp³-hybridized carbons (Fsp3) is 0.125. The van der Waals surface area contributed by atoms with Crippen molar-refractivity contribution in [2.45, 2.75) is 11.8 Å². The summed E-state index contributed by atoms with van der Waals surface area (Å²) >= 11 is 0. The molecule has 5 N–H and O–H groups in total. The molecule has 7 heteroatoms. The van der Waals surface area contributed by atoms with Crippen molar-refractivity contribution in [2.24, 2.45) is 0 Å². The lowest BCUT2D eigenvalue weighted by Crippen LogP contribution is -2.40. The van der Waals surface area contributed by atoms with E-state index in [9.17, 15) is 18.3 Å². The van der Waals surface area contributed by atoms with Crippen LogP contribution in [0.25, 0.3) is 0 Å². The Morgan fingerprint density at radius 1 is 1.27 bits per heavy atom. The Morgan fingerprint density at radius 2 is 1.73 bits per heavy atom. The molecular weight excluding hydrogens is 220 g/mol. The van der Waals surface area contributed by atoms with Crippen LogP contribution in [0.2, 0.25) is 0 Å². The topological polar surface area (TPSA) is 123 Å². The van der Waals surface area contributed by atoms with Gasteiger partial charge in [0.2, 0.25) is 0 Å². The molecule has 1 aromatic carbocycles. The Bertz CT molecular complexity index is 438. The highest BCUT2D eigenvalue weighted by atomic mass is 32.2. The van der Waals surface area contributed by atoms with Gasteiger partial charge < -0.3 is 16.1 Å². The van der Waals surface area contributed by atoms with Crippen LogP contribution in [-0.2, 0) is 10.0 Å². The van der Waals surface area contributed by atoms with Gasteiger partial charge in [-0.15, -0.1) is 0 Å². The minimum Gasteiger partial charge on any atom is -0.529 e. The predicted octanol–water partition coefficient (Wildman–Crippen LogP) is -0.00718. The van der Waals surface area contributed by atoms with Gasteiger partial charge in [0.25, 0.3) is 10.0 Å². The second-order valence-electron chi connectivity index (χ2n) is 2.71. The molecule has 1 aromatic rings. The van der Waals surface area contributed by atoms with Crippen molar-refractivity contribution in [3.05, 3.63) is 29.8 Å². The van der Waals surface area contributed by atoms with Crippen LogP contribution in [0, 0.1) is 6.92 Å². The largest absolute Gasteiger partial charge is 0.529 e. The highest BCUT2D eigenvalue weighted by molar-refractivity contribution is 7.90. The van der Waals surface area contributed by atoms with E-state index in [0.29, 0.717) is 0 Å². The fourth-order valence-corrected chi connectivity index (χ4v) is 1.72. The van der Waals surface area contributed by atoms with Crippen LogP contribution in [-0.4, -0.2) is 14.5 Å². The lowest BCUT2D eigenvalue weighted by molar-refractivity contribution is -0.248. The number of carbonyl (C=O) groups excluding carboxylic acids is 1. The molecule has 15 heavy (non-hydrogen) atoms. The van der Waals surface area contributed by atoms with Gasteiger partial charge in [0.1, 0.15) is 6.09 Å². The third kappa shape index (κ3) is 3.56. The zero-order valence-corrected chi connectivity index (χ0v) is 9.17. The van der Waals surface area contributed by atoms with Crippen molar-refractivity contribution in [3.63, 3.8) is 0 Å². The maximum atomic E-state index is 11.2. The van der Waals surface area contributed by atoms with E-state index >= 15 is 0 Å². The van der Waals surface area contributed by atoms with E-state index in [2.05, 4.69) is 0 Å². The van der Waals surface area contributed by atoms with Crippen LogP contribution < -0.4 is 16.0 Å². The smallest absolute Gasteiger partial charge is 0.262 e. The third-order valence-electron chi connectivity index (χ3n) is 1.55. The minimum absolute atomic E-state index is 0. The predicted molar refractivity (Wildman–Crippen MR) is 52.9 cm³/mol. The number of nitrogens with one attached hydrogen (secondary N) is 1. The van der Waals surface area contributed by atoms with Gasteiger partial charge in [-0.05, 0) is 19.1 Å². The van der Waals surface area contributed by atoms with Gasteiger partial charge >= 0.3 is 0 Å². The molecule has 0 bridgehead atoms. The molecule has 0 aliphatic rings. The fourth-order valence-electron chi connectivity index (χ4n) is 0.886. The van der Waals surface area contributed by atoms with Crippen molar-refractivity contribution in [1.82, 2.24) is 10.9 Å². The Morgan fingerprint density at radius 3 is 2.13 bits per heavy atom. The second-order valence-corrected chi connectivity index (χ2v) is 4.39. The quantitative estimate of drug-likeness (QED) is 0.744. The summed E-state index contributed by atoms with van der Waals surface area (Å²) in [6.45, 7) is 1.79. The highest BCUT2D eigenvalue weighted by Gasteiger charge is 2.12. The molecule has 0 heterocycles. The number of hydrogen-bond donors (Lipinski definition) is 2. The molecule has 0 radical (unpaired) electrons. The summed E-state index contributed by atoms with van der Waals surface area (Å²) in [5.74, 6) is 0. The third-order valence-corrected chi connectivity index (χ3v) is 2.88. The maximum absolute atomic E-state index is 11.2. The molecule has 1 amide bonds. The monoisotopic (exact) mass is 232 g/mol. The second kappa shape index (κ2) is 4.76. The summed E-state index contributed by atoms with van der Waals surface area (Å²) < 4.78 is 23.8. The van der Waals surface area contributed by atoms with Gasteiger partial charge in [-0.25, -0.2) is 8.42 Å². The lowest BCUT2D eigenvalue weighted by atomic mass is 10.2. The number of carboxylic acid groups (broad SMARTS) is 1. The summed E-state index contributed by atoms with van der Waals surface area (Å²) in [6, 6.07) is 5.79. The van der Waals surface area contributed by atoms with Gasteiger partial charge in [0.15, 0.2) is 0 Å². The summed E-state index contributed by atoms with van der Waals surface area (Å²) in [4.78, 5) is 9.95. The molecule has 84 valence electrons. The molecule has 0 saturated carbocycles. The number of amides is 1. The van der Waals surface area contributed by atoms with E-state index in [1.165, 1.54) is 16.9 Å². The number of sulfonamides is 1. The molecule has 0 aliphatic carbocycles. The number of hydrogen-bond acceptors (Lipinski definition) is 4.